The van der Waals surface area contributed by atoms with Gasteiger partial charge in [0.25, 0.3) is 0 Å². The van der Waals surface area contributed by atoms with Crippen LogP contribution in [-0.2, 0) is 0 Å². The van der Waals surface area contributed by atoms with E-state index in [1.165, 1.54) is 0 Å². The van der Waals surface area contributed by atoms with E-state index in [-0.39, 0.29) is 5.25 Å². The van der Waals surface area contributed by atoms with Crippen LogP contribution in [0, 0.1) is 0 Å². The maximum absolute atomic E-state index is 5.52. The van der Waals surface area contributed by atoms with Crippen molar-refractivity contribution in [2.24, 2.45) is 5.10 Å². The molecule has 1 aliphatic heterocycles. The third kappa shape index (κ3) is 3.30. The second-order valence-electron chi connectivity index (χ2n) is 6.02. The Morgan fingerprint density at radius 1 is 1.07 bits per heavy atom. The minimum atomic E-state index is 0.145. The van der Waals surface area contributed by atoms with Crippen LogP contribution in [0.15, 0.2) is 58.8 Å². The van der Waals surface area contributed by atoms with Crippen LogP contribution in [0.5, 0.6) is 11.5 Å². The lowest BCUT2D eigenvalue weighted by molar-refractivity contribution is 0.340. The topological polar surface area (TPSA) is 61.5 Å². The van der Waals surface area contributed by atoms with E-state index in [0.717, 1.165) is 33.5 Å². The molecule has 0 fully saturated rings. The second-order valence-corrected chi connectivity index (χ2v) is 7.33. The van der Waals surface area contributed by atoms with E-state index in [1.54, 1.807) is 18.9 Å². The van der Waals surface area contributed by atoms with E-state index < -0.39 is 0 Å². The van der Waals surface area contributed by atoms with Gasteiger partial charge >= 0.3 is 0 Å². The summed E-state index contributed by atoms with van der Waals surface area (Å²) in [6.45, 7) is 4.72. The Bertz CT molecular complexity index is 982. The molecule has 0 aliphatic carbocycles. The van der Waals surface area contributed by atoms with Crippen molar-refractivity contribution >= 4 is 17.5 Å². The van der Waals surface area contributed by atoms with Crippen LogP contribution >= 0.6 is 11.8 Å². The molecule has 2 aromatic carbocycles. The Balaban J connectivity index is 1.77. The van der Waals surface area contributed by atoms with Crippen LogP contribution in [0.3, 0.4) is 0 Å². The first-order chi connectivity index (χ1) is 13.2. The Labute approximate surface area is 162 Å². The summed E-state index contributed by atoms with van der Waals surface area (Å²) in [6.07, 6.45) is 0. The Morgan fingerprint density at radius 2 is 1.85 bits per heavy atom. The van der Waals surface area contributed by atoms with Crippen LogP contribution in [0.2, 0.25) is 0 Å². The summed E-state index contributed by atoms with van der Waals surface area (Å²) in [4.78, 5) is 0. The number of benzene rings is 2. The summed E-state index contributed by atoms with van der Waals surface area (Å²) in [7, 11) is 1.68. The van der Waals surface area contributed by atoms with Gasteiger partial charge in [0, 0.05) is 11.1 Å². The molecular weight excluding hydrogens is 360 g/mol. The highest BCUT2D eigenvalue weighted by molar-refractivity contribution is 8.00. The maximum Gasteiger partial charge on any atom is 0.213 e. The molecule has 2 heterocycles. The van der Waals surface area contributed by atoms with Gasteiger partial charge in [-0.2, -0.15) is 9.78 Å². The van der Waals surface area contributed by atoms with E-state index >= 15 is 0 Å². The lowest BCUT2D eigenvalue weighted by Crippen LogP contribution is -2.22. The predicted octanol–water partition coefficient (Wildman–Crippen LogP) is 4.10. The molecule has 138 valence electrons. The number of fused-ring (bicyclic) bond motifs is 1. The first kappa shape index (κ1) is 17.6. The number of para-hydroxylation sites is 1. The summed E-state index contributed by atoms with van der Waals surface area (Å²) < 4.78 is 12.8. The van der Waals surface area contributed by atoms with Crippen LogP contribution in [-0.4, -0.2) is 39.6 Å². The smallest absolute Gasteiger partial charge is 0.213 e. The highest BCUT2D eigenvalue weighted by Crippen LogP contribution is 2.34. The minimum absolute atomic E-state index is 0.145. The van der Waals surface area contributed by atoms with Crippen LogP contribution in [0.25, 0.3) is 11.4 Å². The number of aromatic nitrogens is 3. The van der Waals surface area contributed by atoms with Crippen molar-refractivity contribution in [2.75, 3.05) is 13.7 Å². The van der Waals surface area contributed by atoms with Crippen LogP contribution in [0.4, 0.5) is 0 Å². The fourth-order valence-electron chi connectivity index (χ4n) is 3.01. The molecule has 0 spiro atoms. The van der Waals surface area contributed by atoms with E-state index in [0.29, 0.717) is 12.4 Å². The number of hydrogen-bond donors (Lipinski definition) is 0. The molecule has 0 bridgehead atoms. The standard InChI is InChI=1S/C20H20N4O2S/c1-4-26-15-11-9-14(10-12-15)19-21-22-20-24(19)23-18(13(2)27-20)16-7-5-6-8-17(16)25-3/h5-13H,4H2,1-3H3/t13-/m0/s1. The third-order valence-corrected chi connectivity index (χ3v) is 5.34. The molecule has 3 aromatic rings. The summed E-state index contributed by atoms with van der Waals surface area (Å²) in [5, 5.41) is 14.5. The summed E-state index contributed by atoms with van der Waals surface area (Å²) in [5.74, 6) is 2.35. The average Bonchev–Trinajstić information content (AvgIpc) is 3.11. The van der Waals surface area contributed by atoms with Crippen LogP contribution in [0.1, 0.15) is 19.4 Å². The number of thioether (sulfide) groups is 1. The maximum atomic E-state index is 5.52. The number of methoxy groups -OCH3 is 1. The van der Waals surface area contributed by atoms with Gasteiger partial charge in [-0.1, -0.05) is 23.9 Å². The van der Waals surface area contributed by atoms with Gasteiger partial charge in [-0.15, -0.1) is 10.2 Å². The average molecular weight is 380 g/mol. The molecular formula is C20H20N4O2S. The molecule has 1 aromatic heterocycles. The fraction of sp³-hybridized carbons (Fsp3) is 0.250. The monoisotopic (exact) mass is 380 g/mol. The molecule has 4 rings (SSSR count). The van der Waals surface area contributed by atoms with Crippen LogP contribution < -0.4 is 9.47 Å². The van der Waals surface area contributed by atoms with Crippen molar-refractivity contribution in [2.45, 2.75) is 24.3 Å². The SMILES string of the molecule is CCOc1ccc(-c2nnc3n2N=C(c2ccccc2OC)[C@H](C)S3)cc1. The molecule has 0 radical (unpaired) electrons. The van der Waals surface area contributed by atoms with Crippen molar-refractivity contribution in [3.05, 3.63) is 54.1 Å². The Morgan fingerprint density at radius 3 is 2.59 bits per heavy atom. The number of ether oxygens (including phenoxy) is 2. The molecule has 7 heteroatoms. The number of hydrogen-bond acceptors (Lipinski definition) is 6. The van der Waals surface area contributed by atoms with Gasteiger partial charge in [-0.05, 0) is 50.2 Å². The van der Waals surface area contributed by atoms with Gasteiger partial charge in [0.05, 0.1) is 24.7 Å². The van der Waals surface area contributed by atoms with Gasteiger partial charge in [-0.25, -0.2) is 0 Å². The second kappa shape index (κ2) is 7.44. The largest absolute Gasteiger partial charge is 0.496 e. The van der Waals surface area contributed by atoms with E-state index in [1.807, 2.05) is 60.1 Å². The molecule has 6 nitrogen and oxygen atoms in total. The minimum Gasteiger partial charge on any atom is -0.496 e. The van der Waals surface area contributed by atoms with Crippen molar-refractivity contribution in [1.82, 2.24) is 14.9 Å². The zero-order valence-corrected chi connectivity index (χ0v) is 16.2. The van der Waals surface area contributed by atoms with Crippen molar-refractivity contribution in [3.8, 4) is 22.9 Å². The van der Waals surface area contributed by atoms with E-state index in [4.69, 9.17) is 14.6 Å². The highest BCUT2D eigenvalue weighted by atomic mass is 32.2. The molecule has 0 unspecified atom stereocenters. The molecule has 0 saturated carbocycles. The highest BCUT2D eigenvalue weighted by Gasteiger charge is 2.27. The quantitative estimate of drug-likeness (QED) is 0.667. The van der Waals surface area contributed by atoms with Gasteiger partial charge < -0.3 is 9.47 Å². The lowest BCUT2D eigenvalue weighted by atomic mass is 10.1. The van der Waals surface area contributed by atoms with Crippen molar-refractivity contribution in [1.29, 1.82) is 0 Å². The van der Waals surface area contributed by atoms with Crippen molar-refractivity contribution < 1.29 is 9.47 Å². The first-order valence-electron chi connectivity index (χ1n) is 8.78. The summed E-state index contributed by atoms with van der Waals surface area (Å²) in [6, 6.07) is 15.7. The molecule has 27 heavy (non-hydrogen) atoms. The Kier molecular flexibility index (Phi) is 4.85. The molecule has 0 saturated heterocycles. The Hall–Kier alpha value is -2.80. The third-order valence-electron chi connectivity index (χ3n) is 4.29. The molecule has 1 aliphatic rings. The van der Waals surface area contributed by atoms with E-state index in [9.17, 15) is 0 Å². The van der Waals surface area contributed by atoms with Gasteiger partial charge in [-0.3, -0.25) is 0 Å². The summed E-state index contributed by atoms with van der Waals surface area (Å²) >= 11 is 1.64. The molecule has 0 N–H and O–H groups in total. The molecule has 1 atom stereocenters. The number of rotatable bonds is 5. The van der Waals surface area contributed by atoms with E-state index in [2.05, 4.69) is 17.1 Å². The fourth-order valence-corrected chi connectivity index (χ4v) is 3.93. The first-order valence-corrected chi connectivity index (χ1v) is 9.66. The van der Waals surface area contributed by atoms with Crippen molar-refractivity contribution in [3.63, 3.8) is 0 Å². The van der Waals surface area contributed by atoms with Gasteiger partial charge in [0.15, 0.2) is 5.82 Å². The number of nitrogens with zero attached hydrogens (tertiary/aromatic N) is 4. The normalized spacial score (nSPS) is 15.8. The van der Waals surface area contributed by atoms with Gasteiger partial charge in [0.1, 0.15) is 11.5 Å². The zero-order chi connectivity index (χ0) is 18.8. The lowest BCUT2D eigenvalue weighted by Gasteiger charge is -2.21. The zero-order valence-electron chi connectivity index (χ0n) is 15.4. The summed E-state index contributed by atoms with van der Waals surface area (Å²) in [5.41, 5.74) is 2.87. The predicted molar refractivity (Wildman–Crippen MR) is 107 cm³/mol. The van der Waals surface area contributed by atoms with Gasteiger partial charge in [0.2, 0.25) is 5.16 Å². The molecule has 0 amide bonds.